The molecule has 2 aromatic carbocycles. The van der Waals surface area contributed by atoms with E-state index in [0.29, 0.717) is 50.8 Å². The lowest BCUT2D eigenvalue weighted by Gasteiger charge is -2.47. The normalized spacial score (nSPS) is 23.4. The van der Waals surface area contributed by atoms with Gasteiger partial charge in [0.1, 0.15) is 17.6 Å². The first-order valence-corrected chi connectivity index (χ1v) is 19.3. The Hall–Kier alpha value is -2.20. The molecule has 0 radical (unpaired) electrons. The number of hydrogen-bond acceptors (Lipinski definition) is 8. The third kappa shape index (κ3) is 8.39. The largest absolute Gasteiger partial charge is 0.496 e. The summed E-state index contributed by atoms with van der Waals surface area (Å²) in [6.45, 7) is 11.2. The van der Waals surface area contributed by atoms with Gasteiger partial charge in [-0.2, -0.15) is 0 Å². The topological polar surface area (TPSA) is 75.6 Å². The monoisotopic (exact) mass is 682 g/mol. The van der Waals surface area contributed by atoms with Gasteiger partial charge in [-0.3, -0.25) is 0 Å². The summed E-state index contributed by atoms with van der Waals surface area (Å²) in [6, 6.07) is 14.9. The molecule has 1 saturated heterocycles. The lowest BCUT2D eigenvalue weighted by atomic mass is 9.84. The summed E-state index contributed by atoms with van der Waals surface area (Å²) in [4.78, 5) is 1.31. The smallest absolute Gasteiger partial charge is 0.226 e. The second kappa shape index (κ2) is 17.6. The van der Waals surface area contributed by atoms with Crippen molar-refractivity contribution in [2.75, 3.05) is 40.1 Å². The van der Waals surface area contributed by atoms with E-state index in [1.807, 2.05) is 17.4 Å². The maximum absolute atomic E-state index is 13.1. The molecule has 5 rings (SSSR count). The zero-order chi connectivity index (χ0) is 34.0. The van der Waals surface area contributed by atoms with E-state index in [1.54, 1.807) is 7.11 Å². The van der Waals surface area contributed by atoms with E-state index in [0.717, 1.165) is 75.5 Å². The zero-order valence-electron chi connectivity index (χ0n) is 29.9. The summed E-state index contributed by atoms with van der Waals surface area (Å²) in [5.74, 6) is -0.513. The van der Waals surface area contributed by atoms with Gasteiger partial charge in [-0.1, -0.05) is 71.6 Å². The summed E-state index contributed by atoms with van der Waals surface area (Å²) in [5, 5.41) is 14.3. The van der Waals surface area contributed by atoms with Gasteiger partial charge in [0.15, 0.2) is 0 Å². The lowest BCUT2D eigenvalue weighted by molar-refractivity contribution is -0.348. The molecule has 3 aromatic rings. The number of ether oxygens (including phenoxy) is 6. The van der Waals surface area contributed by atoms with E-state index in [4.69, 9.17) is 28.4 Å². The van der Waals surface area contributed by atoms with Gasteiger partial charge < -0.3 is 33.5 Å². The molecule has 0 spiro atoms. The summed E-state index contributed by atoms with van der Waals surface area (Å²) in [5.41, 5.74) is 1.41. The van der Waals surface area contributed by atoms with Gasteiger partial charge in [0.05, 0.1) is 38.1 Å². The maximum Gasteiger partial charge on any atom is 0.226 e. The van der Waals surface area contributed by atoms with Crippen LogP contribution in [0.15, 0.2) is 42.5 Å². The molecule has 0 bridgehead atoms. The Bertz CT molecular complexity index is 1380. The lowest BCUT2D eigenvalue weighted by Crippen LogP contribution is -2.58. The molecule has 8 heteroatoms. The summed E-state index contributed by atoms with van der Waals surface area (Å²) < 4.78 is 39.9. The van der Waals surface area contributed by atoms with Crippen LogP contribution in [0.2, 0.25) is 0 Å². The Morgan fingerprint density at radius 2 is 1.50 bits per heavy atom. The van der Waals surface area contributed by atoms with Crippen molar-refractivity contribution < 1.29 is 33.5 Å². The molecule has 1 aliphatic carbocycles. The molecule has 2 heterocycles. The van der Waals surface area contributed by atoms with Gasteiger partial charge in [0.25, 0.3) is 0 Å². The minimum Gasteiger partial charge on any atom is -0.496 e. The molecule has 266 valence electrons. The first-order valence-electron chi connectivity index (χ1n) is 18.5. The Balaban J connectivity index is 1.62. The van der Waals surface area contributed by atoms with Crippen molar-refractivity contribution in [1.82, 2.24) is 0 Å². The zero-order valence-corrected chi connectivity index (χ0v) is 30.7. The molecule has 2 aliphatic rings. The molecular weight excluding hydrogens is 625 g/mol. The standard InChI is InChI=1S/C40H58O7S/c1-6-10-20-43-28-30-25-35(45-22-12-8-3)38(46-23-13-9-4)40(41,47-30)32-26-31(33(42-5)27-34(32)44-21-11-7-2)39(18-19-39)37-24-29-16-14-15-17-36(29)48-37/h14-17,24,26-27,30,35,38,41H,6-13,18-23,25,28H2,1-5H3/t30-,35-,38+,40?/m0/s1. The van der Waals surface area contributed by atoms with Gasteiger partial charge in [-0.05, 0) is 62.1 Å². The van der Waals surface area contributed by atoms with Crippen LogP contribution in [0, 0.1) is 0 Å². The molecule has 1 N–H and O–H groups in total. The number of aliphatic hydroxyl groups is 1. The molecule has 0 amide bonds. The number of benzene rings is 2. The van der Waals surface area contributed by atoms with E-state index < -0.39 is 11.9 Å². The van der Waals surface area contributed by atoms with E-state index in [1.165, 1.54) is 15.0 Å². The van der Waals surface area contributed by atoms with Crippen molar-refractivity contribution in [1.29, 1.82) is 0 Å². The van der Waals surface area contributed by atoms with Crippen LogP contribution in [0.1, 0.15) is 114 Å². The van der Waals surface area contributed by atoms with Crippen LogP contribution in [-0.4, -0.2) is 63.6 Å². The second-order valence-electron chi connectivity index (χ2n) is 13.5. The highest BCUT2D eigenvalue weighted by molar-refractivity contribution is 7.19. The first kappa shape index (κ1) is 37.1. The van der Waals surface area contributed by atoms with Crippen LogP contribution in [-0.2, 0) is 30.1 Å². The highest BCUT2D eigenvalue weighted by Crippen LogP contribution is 2.60. The summed E-state index contributed by atoms with van der Waals surface area (Å²) in [6.07, 6.45) is 8.81. The molecule has 1 aliphatic heterocycles. The molecule has 2 fully saturated rings. The Kier molecular flexibility index (Phi) is 13.6. The van der Waals surface area contributed by atoms with Crippen molar-refractivity contribution in [3.05, 3.63) is 58.5 Å². The van der Waals surface area contributed by atoms with Gasteiger partial charge in [0.2, 0.25) is 5.79 Å². The second-order valence-corrected chi connectivity index (χ2v) is 14.6. The highest BCUT2D eigenvalue weighted by atomic mass is 32.1. The Morgan fingerprint density at radius 3 is 2.19 bits per heavy atom. The predicted octanol–water partition coefficient (Wildman–Crippen LogP) is 9.29. The first-order chi connectivity index (χ1) is 23.4. The number of rotatable bonds is 21. The molecular formula is C40H58O7S. The number of methoxy groups -OCH3 is 1. The fraction of sp³-hybridized carbons (Fsp3) is 0.650. The average Bonchev–Trinajstić information content (AvgIpc) is 3.78. The number of unbranched alkanes of at least 4 members (excludes halogenated alkanes) is 4. The molecule has 4 atom stereocenters. The number of fused-ring (bicyclic) bond motifs is 1. The average molecular weight is 683 g/mol. The van der Waals surface area contributed by atoms with Crippen LogP contribution >= 0.6 is 11.3 Å². The SMILES string of the molecule is CCCCOC[C@@H]1C[C@H](OCCCC)[C@@H](OCCCC)C(O)(c2cc(C3(c4cc5ccccc5s4)CC3)c(OC)cc2OCCCC)O1. The highest BCUT2D eigenvalue weighted by Gasteiger charge is 2.55. The minimum absolute atomic E-state index is 0.213. The van der Waals surface area contributed by atoms with Gasteiger partial charge in [-0.25, -0.2) is 0 Å². The van der Waals surface area contributed by atoms with Crippen molar-refractivity contribution >= 4 is 21.4 Å². The van der Waals surface area contributed by atoms with E-state index >= 15 is 0 Å². The minimum atomic E-state index is -1.83. The van der Waals surface area contributed by atoms with Crippen molar-refractivity contribution in [2.45, 2.75) is 128 Å². The maximum atomic E-state index is 13.1. The van der Waals surface area contributed by atoms with Gasteiger partial charge >= 0.3 is 0 Å². The van der Waals surface area contributed by atoms with Gasteiger partial charge in [0, 0.05) is 52.9 Å². The fourth-order valence-electron chi connectivity index (χ4n) is 6.71. The third-order valence-corrected chi connectivity index (χ3v) is 11.1. The van der Waals surface area contributed by atoms with Crippen molar-refractivity contribution in [2.24, 2.45) is 0 Å². The van der Waals surface area contributed by atoms with E-state index in [-0.39, 0.29) is 17.6 Å². The Labute approximate surface area is 292 Å². The fourth-order valence-corrected chi connectivity index (χ4v) is 8.04. The molecule has 1 aromatic heterocycles. The third-order valence-electron chi connectivity index (χ3n) is 9.74. The van der Waals surface area contributed by atoms with E-state index in [9.17, 15) is 5.11 Å². The quantitative estimate of drug-likeness (QED) is 0.112. The number of hydrogen-bond donors (Lipinski definition) is 1. The van der Waals surface area contributed by atoms with Crippen molar-refractivity contribution in [3.8, 4) is 11.5 Å². The van der Waals surface area contributed by atoms with Crippen LogP contribution in [0.5, 0.6) is 11.5 Å². The van der Waals surface area contributed by atoms with Gasteiger partial charge in [-0.15, -0.1) is 11.3 Å². The predicted molar refractivity (Wildman–Crippen MR) is 194 cm³/mol. The molecule has 7 nitrogen and oxygen atoms in total. The van der Waals surface area contributed by atoms with Crippen LogP contribution in [0.3, 0.4) is 0 Å². The molecule has 48 heavy (non-hydrogen) atoms. The van der Waals surface area contributed by atoms with Crippen LogP contribution in [0.4, 0.5) is 0 Å². The van der Waals surface area contributed by atoms with Crippen molar-refractivity contribution in [3.63, 3.8) is 0 Å². The van der Waals surface area contributed by atoms with E-state index in [2.05, 4.69) is 64.1 Å². The molecule has 1 unspecified atom stereocenters. The number of thiophene rings is 1. The van der Waals surface area contributed by atoms with Crippen LogP contribution in [0.25, 0.3) is 10.1 Å². The Morgan fingerprint density at radius 1 is 0.812 bits per heavy atom. The van der Waals surface area contributed by atoms with Crippen LogP contribution < -0.4 is 9.47 Å². The summed E-state index contributed by atoms with van der Waals surface area (Å²) in [7, 11) is 1.72. The molecule has 1 saturated carbocycles. The summed E-state index contributed by atoms with van der Waals surface area (Å²) >= 11 is 1.84.